The molecule has 0 aliphatic carbocycles. The minimum absolute atomic E-state index is 0.0767. The average Bonchev–Trinajstić information content (AvgIpc) is 3.20. The topological polar surface area (TPSA) is 70.6 Å². The molecule has 4 rings (SSSR count). The van der Waals surface area contributed by atoms with Crippen LogP contribution in [0.15, 0.2) is 59.4 Å². The van der Waals surface area contributed by atoms with Gasteiger partial charge in [-0.05, 0) is 29.8 Å². The summed E-state index contributed by atoms with van der Waals surface area (Å²) in [5.74, 6) is -0.0767. The van der Waals surface area contributed by atoms with Gasteiger partial charge in [0, 0.05) is 37.2 Å². The summed E-state index contributed by atoms with van der Waals surface area (Å²) in [6.07, 6.45) is 1.59. The van der Waals surface area contributed by atoms with Crippen molar-refractivity contribution in [3.8, 4) is 0 Å². The molecule has 0 atom stereocenters. The molecule has 28 heavy (non-hydrogen) atoms. The lowest BCUT2D eigenvalue weighted by Crippen LogP contribution is -2.50. The van der Waals surface area contributed by atoms with E-state index >= 15 is 0 Å². The summed E-state index contributed by atoms with van der Waals surface area (Å²) in [5, 5.41) is 1.23. The summed E-state index contributed by atoms with van der Waals surface area (Å²) in [7, 11) is -3.51. The number of benzene rings is 2. The van der Waals surface area contributed by atoms with Crippen molar-refractivity contribution in [1.82, 2.24) is 14.2 Å². The Morgan fingerprint density at radius 2 is 1.79 bits per heavy atom. The third-order valence-corrected chi connectivity index (χ3v) is 7.05. The number of sulfonamides is 1. The molecule has 3 aromatic rings. The van der Waals surface area contributed by atoms with Crippen LogP contribution < -0.4 is 0 Å². The maximum absolute atomic E-state index is 12.8. The molecule has 6 nitrogen and oxygen atoms in total. The molecular weight excluding hydrogens is 394 g/mol. The van der Waals surface area contributed by atoms with Crippen molar-refractivity contribution in [2.45, 2.75) is 0 Å². The van der Waals surface area contributed by atoms with Gasteiger partial charge in [-0.25, -0.2) is 13.4 Å². The summed E-state index contributed by atoms with van der Waals surface area (Å²) in [6, 6.07) is 14.8. The smallest absolute Gasteiger partial charge is 0.253 e. The zero-order valence-electron chi connectivity index (χ0n) is 15.1. The van der Waals surface area contributed by atoms with E-state index in [-0.39, 0.29) is 19.0 Å². The maximum Gasteiger partial charge on any atom is 0.253 e. The van der Waals surface area contributed by atoms with Crippen LogP contribution in [0, 0.1) is 0 Å². The number of carbonyl (C=O) groups is 1. The van der Waals surface area contributed by atoms with E-state index in [4.69, 9.17) is 0 Å². The van der Waals surface area contributed by atoms with E-state index in [9.17, 15) is 13.2 Å². The van der Waals surface area contributed by atoms with Gasteiger partial charge in [-0.2, -0.15) is 4.31 Å². The van der Waals surface area contributed by atoms with E-state index in [0.717, 1.165) is 15.8 Å². The Morgan fingerprint density at radius 3 is 2.54 bits per heavy atom. The number of carbonyl (C=O) groups excluding carboxylic acids is 1. The van der Waals surface area contributed by atoms with Crippen molar-refractivity contribution in [3.05, 3.63) is 70.6 Å². The van der Waals surface area contributed by atoms with Gasteiger partial charge >= 0.3 is 0 Å². The molecule has 0 bridgehead atoms. The molecule has 0 spiro atoms. The van der Waals surface area contributed by atoms with Crippen LogP contribution >= 0.6 is 11.3 Å². The zero-order chi connectivity index (χ0) is 19.6. The van der Waals surface area contributed by atoms with E-state index in [1.165, 1.54) is 21.1 Å². The predicted molar refractivity (Wildman–Crippen MR) is 111 cm³/mol. The number of fused-ring (bicyclic) bond motifs is 1. The molecule has 1 fully saturated rings. The van der Waals surface area contributed by atoms with Gasteiger partial charge in [0.05, 0.1) is 15.7 Å². The lowest BCUT2D eigenvalue weighted by Gasteiger charge is -2.33. The standard InChI is InChI=1S/C20H19N3O3S2/c24-20(17-6-7-18-19(14-17)27-15-21-18)22-9-11-23(12-10-22)28(25,26)13-8-16-4-2-1-3-5-16/h1-8,13-15H,9-12H2. The third-order valence-electron chi connectivity index (χ3n) is 4.70. The van der Waals surface area contributed by atoms with Gasteiger partial charge in [0.15, 0.2) is 0 Å². The second kappa shape index (κ2) is 7.83. The van der Waals surface area contributed by atoms with Gasteiger partial charge in [0.25, 0.3) is 5.91 Å². The van der Waals surface area contributed by atoms with E-state index < -0.39 is 10.0 Å². The van der Waals surface area contributed by atoms with Crippen molar-refractivity contribution < 1.29 is 13.2 Å². The number of aromatic nitrogens is 1. The van der Waals surface area contributed by atoms with Crippen molar-refractivity contribution in [1.29, 1.82) is 0 Å². The van der Waals surface area contributed by atoms with E-state index in [2.05, 4.69) is 4.98 Å². The van der Waals surface area contributed by atoms with Crippen LogP contribution in [0.3, 0.4) is 0 Å². The molecule has 8 heteroatoms. The number of piperazine rings is 1. The van der Waals surface area contributed by atoms with Gasteiger partial charge in [0.1, 0.15) is 0 Å². The molecule has 1 aliphatic heterocycles. The summed E-state index contributed by atoms with van der Waals surface area (Å²) < 4.78 is 27.5. The summed E-state index contributed by atoms with van der Waals surface area (Å²) >= 11 is 1.50. The Hall–Kier alpha value is -2.55. The molecule has 1 amide bonds. The number of thiazole rings is 1. The highest BCUT2D eigenvalue weighted by atomic mass is 32.2. The third kappa shape index (κ3) is 3.99. The Morgan fingerprint density at radius 1 is 1.04 bits per heavy atom. The molecule has 1 aliphatic rings. The highest BCUT2D eigenvalue weighted by molar-refractivity contribution is 7.92. The van der Waals surface area contributed by atoms with Gasteiger partial charge in [-0.15, -0.1) is 11.3 Å². The number of rotatable bonds is 4. The predicted octanol–water partition coefficient (Wildman–Crippen LogP) is 3.05. The van der Waals surface area contributed by atoms with Crippen LogP contribution in [0.2, 0.25) is 0 Å². The van der Waals surface area contributed by atoms with Crippen molar-refractivity contribution in [3.63, 3.8) is 0 Å². The highest BCUT2D eigenvalue weighted by Crippen LogP contribution is 2.21. The summed E-state index contributed by atoms with van der Waals surface area (Å²) in [5.41, 5.74) is 4.07. The van der Waals surface area contributed by atoms with Crippen LogP contribution in [0.1, 0.15) is 15.9 Å². The average molecular weight is 414 g/mol. The Bertz CT molecular complexity index is 1120. The van der Waals surface area contributed by atoms with Gasteiger partial charge in [0.2, 0.25) is 10.0 Å². The quantitative estimate of drug-likeness (QED) is 0.659. The van der Waals surface area contributed by atoms with Crippen LogP contribution in [-0.4, -0.2) is 54.7 Å². The molecule has 0 N–H and O–H groups in total. The highest BCUT2D eigenvalue weighted by Gasteiger charge is 2.28. The van der Waals surface area contributed by atoms with Crippen LogP contribution in [0.5, 0.6) is 0 Å². The van der Waals surface area contributed by atoms with E-state index in [1.54, 1.807) is 22.6 Å². The molecule has 1 saturated heterocycles. The fourth-order valence-corrected chi connectivity index (χ4v) is 5.02. The minimum Gasteiger partial charge on any atom is -0.336 e. The first-order valence-electron chi connectivity index (χ1n) is 8.89. The Labute approximate surface area is 167 Å². The first-order valence-corrected chi connectivity index (χ1v) is 11.3. The minimum atomic E-state index is -3.51. The molecule has 2 aromatic carbocycles. The number of hydrogen-bond donors (Lipinski definition) is 0. The molecule has 0 saturated carbocycles. The molecule has 0 radical (unpaired) electrons. The summed E-state index contributed by atoms with van der Waals surface area (Å²) in [4.78, 5) is 18.7. The lowest BCUT2D eigenvalue weighted by atomic mass is 10.2. The van der Waals surface area contributed by atoms with E-state index in [0.29, 0.717) is 18.7 Å². The first-order chi connectivity index (χ1) is 13.5. The molecule has 1 aromatic heterocycles. The van der Waals surface area contributed by atoms with Gasteiger partial charge in [-0.3, -0.25) is 4.79 Å². The largest absolute Gasteiger partial charge is 0.336 e. The Balaban J connectivity index is 1.41. The van der Waals surface area contributed by atoms with Gasteiger partial charge < -0.3 is 4.90 Å². The van der Waals surface area contributed by atoms with Crippen LogP contribution in [-0.2, 0) is 10.0 Å². The van der Waals surface area contributed by atoms with E-state index in [1.807, 2.05) is 42.5 Å². The first kappa shape index (κ1) is 18.8. The fraction of sp³-hybridized carbons (Fsp3) is 0.200. The molecule has 144 valence electrons. The molecule has 2 heterocycles. The number of amides is 1. The fourth-order valence-electron chi connectivity index (χ4n) is 3.13. The maximum atomic E-state index is 12.8. The number of nitrogens with zero attached hydrogens (tertiary/aromatic N) is 3. The van der Waals surface area contributed by atoms with Crippen LogP contribution in [0.4, 0.5) is 0 Å². The lowest BCUT2D eigenvalue weighted by molar-refractivity contribution is 0.0699. The number of hydrogen-bond acceptors (Lipinski definition) is 5. The monoisotopic (exact) mass is 413 g/mol. The van der Waals surface area contributed by atoms with Crippen molar-refractivity contribution in [2.75, 3.05) is 26.2 Å². The van der Waals surface area contributed by atoms with Crippen molar-refractivity contribution >= 4 is 43.6 Å². The molecular formula is C20H19N3O3S2. The van der Waals surface area contributed by atoms with Crippen LogP contribution in [0.25, 0.3) is 16.3 Å². The molecule has 0 unspecified atom stereocenters. The van der Waals surface area contributed by atoms with Gasteiger partial charge in [-0.1, -0.05) is 30.3 Å². The zero-order valence-corrected chi connectivity index (χ0v) is 16.7. The SMILES string of the molecule is O=C(c1ccc2ncsc2c1)N1CCN(S(=O)(=O)C=Cc2ccccc2)CC1. The second-order valence-corrected chi connectivity index (χ2v) is 9.19. The Kier molecular flexibility index (Phi) is 5.25. The second-order valence-electron chi connectivity index (χ2n) is 6.48. The normalized spacial score (nSPS) is 16.1. The summed E-state index contributed by atoms with van der Waals surface area (Å²) in [6.45, 7) is 1.32. The van der Waals surface area contributed by atoms with Crippen molar-refractivity contribution in [2.24, 2.45) is 0 Å².